The molecule has 0 unspecified atom stereocenters. The average Bonchev–Trinajstić information content (AvgIpc) is 2.56. The van der Waals surface area contributed by atoms with Crippen LogP contribution in [0.1, 0.15) is 81.5 Å². The molecule has 0 spiro atoms. The summed E-state index contributed by atoms with van der Waals surface area (Å²) in [6, 6.07) is 2.39. The lowest BCUT2D eigenvalue weighted by Crippen LogP contribution is -2.15. The van der Waals surface area contributed by atoms with Crippen molar-refractivity contribution < 1.29 is 0 Å². The molecule has 0 saturated heterocycles. The third-order valence-electron chi connectivity index (χ3n) is 5.45. The molecule has 1 heterocycles. The van der Waals surface area contributed by atoms with Crippen molar-refractivity contribution in [1.29, 1.82) is 5.26 Å². The van der Waals surface area contributed by atoms with Crippen LogP contribution in [0, 0.1) is 23.2 Å². The van der Waals surface area contributed by atoms with Gasteiger partial charge in [-0.1, -0.05) is 19.8 Å². The van der Waals surface area contributed by atoms with Crippen molar-refractivity contribution in [3.8, 4) is 6.07 Å². The van der Waals surface area contributed by atoms with Crippen LogP contribution < -0.4 is 0 Å². The Bertz CT molecular complexity index is 486. The van der Waals surface area contributed by atoms with Gasteiger partial charge in [0.05, 0.1) is 6.07 Å². The molecule has 2 saturated carbocycles. The van der Waals surface area contributed by atoms with Crippen LogP contribution in [0.25, 0.3) is 0 Å². The molecule has 1 aromatic heterocycles. The smallest absolute Gasteiger partial charge is 0.131 e. The van der Waals surface area contributed by atoms with Gasteiger partial charge in [0.2, 0.25) is 0 Å². The van der Waals surface area contributed by atoms with Crippen LogP contribution in [-0.2, 0) is 0 Å². The van der Waals surface area contributed by atoms with E-state index in [0.29, 0.717) is 11.8 Å². The monoisotopic (exact) mass is 283 g/mol. The Morgan fingerprint density at radius 3 is 2.05 bits per heavy atom. The lowest BCUT2D eigenvalue weighted by molar-refractivity contribution is 0.346. The summed E-state index contributed by atoms with van der Waals surface area (Å²) < 4.78 is 0. The van der Waals surface area contributed by atoms with E-state index in [9.17, 15) is 0 Å². The van der Waals surface area contributed by atoms with E-state index in [0.717, 1.165) is 37.4 Å². The highest BCUT2D eigenvalue weighted by atomic mass is 14.9. The molecule has 0 bridgehead atoms. The SMILES string of the molecule is CC1CCC(c2cnc(C3CCC(C#N)CC3)nc2)CC1. The van der Waals surface area contributed by atoms with Gasteiger partial charge >= 0.3 is 0 Å². The van der Waals surface area contributed by atoms with Crippen molar-refractivity contribution in [2.24, 2.45) is 11.8 Å². The van der Waals surface area contributed by atoms with E-state index in [1.54, 1.807) is 0 Å². The summed E-state index contributed by atoms with van der Waals surface area (Å²) in [4.78, 5) is 9.31. The van der Waals surface area contributed by atoms with E-state index in [4.69, 9.17) is 5.26 Å². The van der Waals surface area contributed by atoms with Crippen LogP contribution in [0.3, 0.4) is 0 Å². The molecule has 3 rings (SSSR count). The number of aromatic nitrogens is 2. The first-order chi connectivity index (χ1) is 10.3. The summed E-state index contributed by atoms with van der Waals surface area (Å²) in [6.07, 6.45) is 13.5. The molecule has 21 heavy (non-hydrogen) atoms. The van der Waals surface area contributed by atoms with Gasteiger partial charge in [-0.25, -0.2) is 9.97 Å². The van der Waals surface area contributed by atoms with Crippen LogP contribution >= 0.6 is 0 Å². The molecule has 2 aliphatic rings. The fraction of sp³-hybridized carbons (Fsp3) is 0.722. The van der Waals surface area contributed by atoms with E-state index >= 15 is 0 Å². The molecule has 3 nitrogen and oxygen atoms in total. The fourth-order valence-corrected chi connectivity index (χ4v) is 3.84. The minimum atomic E-state index is 0.254. The molecule has 2 fully saturated rings. The van der Waals surface area contributed by atoms with Gasteiger partial charge < -0.3 is 0 Å². The van der Waals surface area contributed by atoms with E-state index in [-0.39, 0.29) is 5.92 Å². The van der Waals surface area contributed by atoms with Gasteiger partial charge in [0.1, 0.15) is 5.82 Å². The molecular weight excluding hydrogens is 258 g/mol. The molecule has 0 N–H and O–H groups in total. The summed E-state index contributed by atoms with van der Waals surface area (Å²) in [7, 11) is 0. The van der Waals surface area contributed by atoms with E-state index < -0.39 is 0 Å². The first kappa shape index (κ1) is 14.5. The predicted octanol–water partition coefficient (Wildman–Crippen LogP) is 4.57. The van der Waals surface area contributed by atoms with Crippen molar-refractivity contribution in [2.45, 2.75) is 70.1 Å². The average molecular weight is 283 g/mol. The maximum absolute atomic E-state index is 8.97. The minimum absolute atomic E-state index is 0.254. The van der Waals surface area contributed by atoms with Crippen molar-refractivity contribution >= 4 is 0 Å². The van der Waals surface area contributed by atoms with Gasteiger partial charge in [-0.05, 0) is 55.9 Å². The second-order valence-corrected chi connectivity index (χ2v) is 7.01. The van der Waals surface area contributed by atoms with Gasteiger partial charge in [0.15, 0.2) is 0 Å². The topological polar surface area (TPSA) is 49.6 Å². The van der Waals surface area contributed by atoms with E-state index in [2.05, 4.69) is 35.4 Å². The molecule has 2 aliphatic carbocycles. The summed E-state index contributed by atoms with van der Waals surface area (Å²) in [5, 5.41) is 8.97. The van der Waals surface area contributed by atoms with Crippen molar-refractivity contribution in [1.82, 2.24) is 9.97 Å². The maximum atomic E-state index is 8.97. The number of hydrogen-bond donors (Lipinski definition) is 0. The third kappa shape index (κ3) is 3.43. The summed E-state index contributed by atoms with van der Waals surface area (Å²) in [5.74, 6) is 3.28. The Labute approximate surface area is 127 Å². The summed E-state index contributed by atoms with van der Waals surface area (Å²) in [5.41, 5.74) is 1.33. The van der Waals surface area contributed by atoms with E-state index in [1.165, 1.54) is 31.2 Å². The molecule has 0 aliphatic heterocycles. The fourth-order valence-electron chi connectivity index (χ4n) is 3.84. The Hall–Kier alpha value is -1.43. The zero-order valence-corrected chi connectivity index (χ0v) is 13.0. The Morgan fingerprint density at radius 2 is 1.48 bits per heavy atom. The van der Waals surface area contributed by atoms with E-state index in [1.807, 2.05) is 0 Å². The first-order valence-electron chi connectivity index (χ1n) is 8.47. The van der Waals surface area contributed by atoms with Gasteiger partial charge in [0, 0.05) is 24.2 Å². The minimum Gasteiger partial charge on any atom is -0.241 e. The van der Waals surface area contributed by atoms with Gasteiger partial charge in [-0.3, -0.25) is 0 Å². The normalized spacial score (nSPS) is 33.3. The standard InChI is InChI=1S/C18H25N3/c1-13-2-6-15(7-3-13)17-11-20-18(21-12-17)16-8-4-14(10-19)5-9-16/h11-16H,2-9H2,1H3. The molecule has 3 heteroatoms. The van der Waals surface area contributed by atoms with Crippen LogP contribution in [0.2, 0.25) is 0 Å². The highest BCUT2D eigenvalue weighted by molar-refractivity contribution is 5.14. The first-order valence-corrected chi connectivity index (χ1v) is 8.47. The molecule has 0 amide bonds. The van der Waals surface area contributed by atoms with Crippen molar-refractivity contribution in [3.05, 3.63) is 23.8 Å². The lowest BCUT2D eigenvalue weighted by Gasteiger charge is -2.27. The second-order valence-electron chi connectivity index (χ2n) is 7.01. The third-order valence-corrected chi connectivity index (χ3v) is 5.45. The van der Waals surface area contributed by atoms with Crippen molar-refractivity contribution in [2.75, 3.05) is 0 Å². The molecule has 0 aromatic carbocycles. The molecule has 0 radical (unpaired) electrons. The summed E-state index contributed by atoms with van der Waals surface area (Å²) >= 11 is 0. The molecule has 112 valence electrons. The molecule has 0 atom stereocenters. The zero-order valence-electron chi connectivity index (χ0n) is 13.0. The van der Waals surface area contributed by atoms with Crippen LogP contribution in [0.4, 0.5) is 0 Å². The summed E-state index contributed by atoms with van der Waals surface area (Å²) in [6.45, 7) is 2.35. The van der Waals surface area contributed by atoms with Gasteiger partial charge in [0.25, 0.3) is 0 Å². The number of nitrogens with zero attached hydrogens (tertiary/aromatic N) is 3. The Morgan fingerprint density at radius 1 is 0.905 bits per heavy atom. The number of rotatable bonds is 2. The van der Waals surface area contributed by atoms with Gasteiger partial charge in [-0.2, -0.15) is 5.26 Å². The van der Waals surface area contributed by atoms with Crippen LogP contribution in [0.5, 0.6) is 0 Å². The highest BCUT2D eigenvalue weighted by Gasteiger charge is 2.25. The Kier molecular flexibility index (Phi) is 4.53. The predicted molar refractivity (Wildman–Crippen MR) is 82.7 cm³/mol. The molecular formula is C18H25N3. The maximum Gasteiger partial charge on any atom is 0.131 e. The largest absolute Gasteiger partial charge is 0.241 e. The van der Waals surface area contributed by atoms with Crippen LogP contribution in [0.15, 0.2) is 12.4 Å². The number of nitriles is 1. The lowest BCUT2D eigenvalue weighted by atomic mass is 9.80. The number of hydrogen-bond acceptors (Lipinski definition) is 3. The molecule has 1 aromatic rings. The second kappa shape index (κ2) is 6.56. The Balaban J connectivity index is 1.61. The van der Waals surface area contributed by atoms with Gasteiger partial charge in [-0.15, -0.1) is 0 Å². The highest BCUT2D eigenvalue weighted by Crippen LogP contribution is 2.36. The van der Waals surface area contributed by atoms with Crippen LogP contribution in [-0.4, -0.2) is 9.97 Å². The van der Waals surface area contributed by atoms with Crippen molar-refractivity contribution in [3.63, 3.8) is 0 Å². The zero-order chi connectivity index (χ0) is 14.7. The quantitative estimate of drug-likeness (QED) is 0.799.